The van der Waals surface area contributed by atoms with Crippen LogP contribution < -0.4 is 5.32 Å². The highest BCUT2D eigenvalue weighted by atomic mass is 16.6. The molecule has 0 radical (unpaired) electrons. The number of hydrogen-bond acceptors (Lipinski definition) is 6. The van der Waals surface area contributed by atoms with Crippen LogP contribution >= 0.6 is 0 Å². The zero-order chi connectivity index (χ0) is 19.0. The number of benzene rings is 1. The van der Waals surface area contributed by atoms with Crippen LogP contribution in [0.3, 0.4) is 0 Å². The molecule has 1 rings (SSSR count). The van der Waals surface area contributed by atoms with Gasteiger partial charge in [-0.3, -0.25) is 9.59 Å². The van der Waals surface area contributed by atoms with Crippen LogP contribution in [0.25, 0.3) is 0 Å². The molecule has 0 heterocycles. The molecule has 8 nitrogen and oxygen atoms in total. The molecule has 8 heteroatoms. The number of carbonyl (C=O) groups is 4. The second-order valence-corrected chi connectivity index (χ2v) is 6.19. The van der Waals surface area contributed by atoms with Crippen molar-refractivity contribution in [3.05, 3.63) is 35.9 Å². The lowest BCUT2D eigenvalue weighted by Crippen LogP contribution is -2.45. The van der Waals surface area contributed by atoms with Gasteiger partial charge in [-0.1, -0.05) is 30.3 Å². The fourth-order valence-electron chi connectivity index (χ4n) is 1.76. The Kier molecular flexibility index (Phi) is 7.10. The zero-order valence-corrected chi connectivity index (χ0v) is 14.3. The van der Waals surface area contributed by atoms with E-state index in [-0.39, 0.29) is 0 Å². The number of carboxylic acid groups (broad SMARTS) is 1. The lowest BCUT2D eigenvalue weighted by atomic mass is 10.1. The van der Waals surface area contributed by atoms with Crippen molar-refractivity contribution in [3.63, 3.8) is 0 Å². The van der Waals surface area contributed by atoms with Crippen molar-refractivity contribution >= 4 is 23.8 Å². The van der Waals surface area contributed by atoms with Crippen LogP contribution in [-0.4, -0.2) is 47.2 Å². The van der Waals surface area contributed by atoms with E-state index in [2.05, 4.69) is 5.32 Å². The highest BCUT2D eigenvalue weighted by Crippen LogP contribution is 2.08. The third-order valence-electron chi connectivity index (χ3n) is 2.80. The van der Waals surface area contributed by atoms with Gasteiger partial charge in [0.05, 0.1) is 6.42 Å². The maximum absolute atomic E-state index is 12.0. The van der Waals surface area contributed by atoms with E-state index in [0.717, 1.165) is 0 Å². The van der Waals surface area contributed by atoms with Gasteiger partial charge in [-0.15, -0.1) is 0 Å². The molecule has 0 unspecified atom stereocenters. The van der Waals surface area contributed by atoms with E-state index in [1.807, 2.05) is 0 Å². The maximum atomic E-state index is 12.0. The molecule has 0 fully saturated rings. The molecule has 0 aromatic heterocycles. The van der Waals surface area contributed by atoms with Crippen LogP contribution in [0.2, 0.25) is 0 Å². The first-order valence-corrected chi connectivity index (χ1v) is 7.54. The normalized spacial score (nSPS) is 12.0. The molecule has 0 saturated heterocycles. The van der Waals surface area contributed by atoms with Crippen molar-refractivity contribution in [1.29, 1.82) is 0 Å². The van der Waals surface area contributed by atoms with Gasteiger partial charge >= 0.3 is 18.0 Å². The van der Waals surface area contributed by atoms with Gasteiger partial charge in [0.2, 0.25) is 0 Å². The number of esters is 1. The third-order valence-corrected chi connectivity index (χ3v) is 2.80. The summed E-state index contributed by atoms with van der Waals surface area (Å²) in [5.41, 5.74) is -0.462. The molecule has 1 aromatic rings. The molecule has 0 saturated carbocycles. The first kappa shape index (κ1) is 20.1. The summed E-state index contributed by atoms with van der Waals surface area (Å²) in [4.78, 5) is 46.5. The number of hydrogen-bond donors (Lipinski definition) is 2. The summed E-state index contributed by atoms with van der Waals surface area (Å²) >= 11 is 0. The fourth-order valence-corrected chi connectivity index (χ4v) is 1.76. The average molecular weight is 351 g/mol. The Morgan fingerprint density at radius 1 is 1.12 bits per heavy atom. The minimum absolute atomic E-state index is 0.352. The molecule has 1 amide bonds. The maximum Gasteiger partial charge on any atom is 0.408 e. The highest BCUT2D eigenvalue weighted by molar-refractivity contribution is 5.98. The van der Waals surface area contributed by atoms with E-state index < -0.39 is 48.5 Å². The minimum Gasteiger partial charge on any atom is -0.481 e. The number of ketones is 1. The lowest BCUT2D eigenvalue weighted by molar-refractivity contribution is -0.149. The molecule has 0 aliphatic heterocycles. The standard InChI is InChI=1S/C17H21NO7/c1-17(2,3)25-16(23)18-12(9-14(20)21)15(22)24-10-13(19)11-7-5-4-6-8-11/h4-8,12H,9-10H2,1-3H3,(H,18,23)(H,20,21)/t12-/m0/s1. The monoisotopic (exact) mass is 351 g/mol. The molecule has 0 aliphatic rings. The first-order chi connectivity index (χ1) is 11.6. The summed E-state index contributed by atoms with van der Waals surface area (Å²) in [6.07, 6.45) is -1.65. The largest absolute Gasteiger partial charge is 0.481 e. The highest BCUT2D eigenvalue weighted by Gasteiger charge is 2.28. The van der Waals surface area contributed by atoms with Crippen molar-refractivity contribution in [3.8, 4) is 0 Å². The van der Waals surface area contributed by atoms with Crippen LogP contribution in [0.15, 0.2) is 30.3 Å². The third kappa shape index (κ3) is 7.96. The molecule has 136 valence electrons. The second kappa shape index (κ2) is 8.81. The molecule has 1 atom stereocenters. The van der Waals surface area contributed by atoms with Crippen molar-refractivity contribution < 1.29 is 33.8 Å². The molecule has 0 bridgehead atoms. The van der Waals surface area contributed by atoms with Crippen LogP contribution in [0, 0.1) is 0 Å². The Morgan fingerprint density at radius 3 is 2.24 bits per heavy atom. The van der Waals surface area contributed by atoms with Crippen LogP contribution in [0.5, 0.6) is 0 Å². The van der Waals surface area contributed by atoms with E-state index in [1.54, 1.807) is 51.1 Å². The minimum atomic E-state index is -1.46. The quantitative estimate of drug-likeness (QED) is 0.567. The summed E-state index contributed by atoms with van der Waals surface area (Å²) in [6, 6.07) is 6.71. The van der Waals surface area contributed by atoms with Crippen molar-refractivity contribution in [2.75, 3.05) is 6.61 Å². The van der Waals surface area contributed by atoms with E-state index in [9.17, 15) is 19.2 Å². The number of Topliss-reactive ketones (excluding diaryl/α,β-unsaturated/α-hetero) is 1. The summed E-state index contributed by atoms with van der Waals surface area (Å²) in [7, 11) is 0. The summed E-state index contributed by atoms with van der Waals surface area (Å²) in [5.74, 6) is -2.79. The van der Waals surface area contributed by atoms with Gasteiger partial charge in [0.1, 0.15) is 11.6 Å². The lowest BCUT2D eigenvalue weighted by Gasteiger charge is -2.22. The average Bonchev–Trinajstić information content (AvgIpc) is 2.50. The number of nitrogens with one attached hydrogen (secondary N) is 1. The van der Waals surface area contributed by atoms with E-state index in [1.165, 1.54) is 0 Å². The number of rotatable bonds is 7. The number of alkyl carbamates (subject to hydrolysis) is 1. The van der Waals surface area contributed by atoms with Gasteiger partial charge in [0.15, 0.2) is 12.4 Å². The van der Waals surface area contributed by atoms with E-state index in [0.29, 0.717) is 5.56 Å². The van der Waals surface area contributed by atoms with E-state index in [4.69, 9.17) is 14.6 Å². The fraction of sp³-hybridized carbons (Fsp3) is 0.412. The molecule has 25 heavy (non-hydrogen) atoms. The van der Waals surface area contributed by atoms with Gasteiger partial charge in [0.25, 0.3) is 0 Å². The van der Waals surface area contributed by atoms with Gasteiger partial charge in [-0.25, -0.2) is 9.59 Å². The predicted molar refractivity (Wildman–Crippen MR) is 87.1 cm³/mol. The Labute approximate surface area is 145 Å². The van der Waals surface area contributed by atoms with Gasteiger partial charge in [-0.05, 0) is 20.8 Å². The Bertz CT molecular complexity index is 634. The zero-order valence-electron chi connectivity index (χ0n) is 14.3. The van der Waals surface area contributed by atoms with Crippen LogP contribution in [-0.2, 0) is 19.1 Å². The van der Waals surface area contributed by atoms with Crippen LogP contribution in [0.4, 0.5) is 4.79 Å². The number of carbonyl (C=O) groups excluding carboxylic acids is 3. The number of aliphatic carboxylic acids is 1. The molecule has 2 N–H and O–H groups in total. The molecular weight excluding hydrogens is 330 g/mol. The predicted octanol–water partition coefficient (Wildman–Crippen LogP) is 1.78. The molecule has 0 aliphatic carbocycles. The topological polar surface area (TPSA) is 119 Å². The Balaban J connectivity index is 2.65. The van der Waals surface area contributed by atoms with Gasteiger partial charge in [0, 0.05) is 5.56 Å². The molecule has 1 aromatic carbocycles. The second-order valence-electron chi connectivity index (χ2n) is 6.19. The van der Waals surface area contributed by atoms with Gasteiger partial charge in [-0.2, -0.15) is 0 Å². The number of ether oxygens (including phenoxy) is 2. The number of carboxylic acids is 1. The summed E-state index contributed by atoms with van der Waals surface area (Å²) in [6.45, 7) is 4.30. The molecule has 0 spiro atoms. The summed E-state index contributed by atoms with van der Waals surface area (Å²) in [5, 5.41) is 11.0. The van der Waals surface area contributed by atoms with E-state index >= 15 is 0 Å². The van der Waals surface area contributed by atoms with Crippen molar-refractivity contribution in [2.24, 2.45) is 0 Å². The summed E-state index contributed by atoms with van der Waals surface area (Å²) < 4.78 is 9.81. The SMILES string of the molecule is CC(C)(C)OC(=O)N[C@@H](CC(=O)O)C(=O)OCC(=O)c1ccccc1. The smallest absolute Gasteiger partial charge is 0.408 e. The van der Waals surface area contributed by atoms with Crippen molar-refractivity contribution in [1.82, 2.24) is 5.32 Å². The molecular formula is C17H21NO7. The van der Waals surface area contributed by atoms with Gasteiger partial charge < -0.3 is 19.9 Å². The Morgan fingerprint density at radius 2 is 1.72 bits per heavy atom. The first-order valence-electron chi connectivity index (χ1n) is 7.54. The Hall–Kier alpha value is -2.90. The van der Waals surface area contributed by atoms with Crippen molar-refractivity contribution in [2.45, 2.75) is 38.8 Å². The number of amides is 1. The van der Waals surface area contributed by atoms with Crippen LogP contribution in [0.1, 0.15) is 37.6 Å².